The highest BCUT2D eigenvalue weighted by molar-refractivity contribution is 7.13. The largest absolute Gasteiger partial charge is 0.416 e. The Morgan fingerprint density at radius 3 is 1.92 bits per heavy atom. The van der Waals surface area contributed by atoms with Crippen LogP contribution >= 0.6 is 11.3 Å². The van der Waals surface area contributed by atoms with E-state index in [0.717, 1.165) is 11.4 Å². The molecule has 2 rings (SSSR count). The van der Waals surface area contributed by atoms with Gasteiger partial charge in [-0.2, -0.15) is 26.3 Å². The van der Waals surface area contributed by atoms with Crippen molar-refractivity contribution in [2.24, 2.45) is 0 Å². The predicted molar refractivity (Wildman–Crippen MR) is 75.4 cm³/mol. The van der Waals surface area contributed by atoms with E-state index in [4.69, 9.17) is 0 Å². The van der Waals surface area contributed by atoms with Gasteiger partial charge in [0, 0.05) is 17.1 Å². The Morgan fingerprint density at radius 1 is 1.00 bits per heavy atom. The van der Waals surface area contributed by atoms with Crippen LogP contribution in [0.4, 0.5) is 37.0 Å². The van der Waals surface area contributed by atoms with Gasteiger partial charge in [0.1, 0.15) is 0 Å². The lowest BCUT2D eigenvalue weighted by Gasteiger charge is -2.14. The highest BCUT2D eigenvalue weighted by Crippen LogP contribution is 2.37. The maximum Gasteiger partial charge on any atom is 0.416 e. The summed E-state index contributed by atoms with van der Waals surface area (Å²) in [7, 11) is 0. The van der Waals surface area contributed by atoms with Crippen molar-refractivity contribution in [1.29, 1.82) is 0 Å². The number of halogens is 6. The van der Waals surface area contributed by atoms with Crippen LogP contribution in [0.3, 0.4) is 0 Å². The molecule has 5 nitrogen and oxygen atoms in total. The second kappa shape index (κ2) is 6.35. The van der Waals surface area contributed by atoms with E-state index in [9.17, 15) is 41.3 Å². The Morgan fingerprint density at radius 2 is 1.52 bits per heavy atom. The summed E-state index contributed by atoms with van der Waals surface area (Å²) in [4.78, 5) is 21.6. The van der Waals surface area contributed by atoms with E-state index in [1.54, 1.807) is 0 Å². The molecule has 1 aromatic heterocycles. The Bertz CT molecular complexity index is 796. The quantitative estimate of drug-likeness (QED) is 0.463. The van der Waals surface area contributed by atoms with E-state index in [2.05, 4.69) is 0 Å². The lowest BCUT2D eigenvalue weighted by molar-refractivity contribution is -0.380. The average molecular weight is 384 g/mol. The number of nitro groups is 1. The van der Waals surface area contributed by atoms with Crippen LogP contribution < -0.4 is 5.32 Å². The SMILES string of the molecule is O=C(Nc1cc(C(F)(F)F)cc(C(F)(F)F)c1)c1csc([N+](=O)[O-])c1. The van der Waals surface area contributed by atoms with E-state index in [0.29, 0.717) is 23.5 Å². The first kappa shape index (κ1) is 18.7. The van der Waals surface area contributed by atoms with Crippen LogP contribution in [0.2, 0.25) is 0 Å². The van der Waals surface area contributed by atoms with Crippen molar-refractivity contribution < 1.29 is 36.1 Å². The molecule has 2 aromatic rings. The lowest BCUT2D eigenvalue weighted by Crippen LogP contribution is -2.15. The molecule has 1 N–H and O–H groups in total. The number of rotatable bonds is 3. The van der Waals surface area contributed by atoms with E-state index >= 15 is 0 Å². The molecular formula is C13H6F6N2O3S. The first-order valence-electron chi connectivity index (χ1n) is 6.21. The zero-order valence-corrected chi connectivity index (χ0v) is 12.6. The molecule has 0 radical (unpaired) electrons. The lowest BCUT2D eigenvalue weighted by atomic mass is 10.1. The first-order chi connectivity index (χ1) is 11.4. The minimum absolute atomic E-state index is 0.0783. The van der Waals surface area contributed by atoms with Crippen LogP contribution in [0.15, 0.2) is 29.6 Å². The Kier molecular flexibility index (Phi) is 4.75. The molecule has 12 heteroatoms. The van der Waals surface area contributed by atoms with Crippen LogP contribution in [0.5, 0.6) is 0 Å². The number of anilines is 1. The molecule has 0 aliphatic carbocycles. The molecule has 0 bridgehead atoms. The van der Waals surface area contributed by atoms with E-state index < -0.39 is 45.0 Å². The number of nitrogens with one attached hydrogen (secondary N) is 1. The second-order valence-electron chi connectivity index (χ2n) is 4.68. The summed E-state index contributed by atoms with van der Waals surface area (Å²) in [5.74, 6) is -1.07. The number of hydrogen-bond acceptors (Lipinski definition) is 4. The van der Waals surface area contributed by atoms with E-state index in [-0.39, 0.29) is 11.6 Å². The van der Waals surface area contributed by atoms with Crippen molar-refractivity contribution in [3.63, 3.8) is 0 Å². The number of carbonyl (C=O) groups is 1. The third-order valence-electron chi connectivity index (χ3n) is 2.87. The highest BCUT2D eigenvalue weighted by Gasteiger charge is 2.37. The molecule has 0 atom stereocenters. The summed E-state index contributed by atoms with van der Waals surface area (Å²) in [5, 5.41) is 13.1. The number of alkyl halides is 6. The Hall–Kier alpha value is -2.63. The molecule has 1 aromatic carbocycles. The molecule has 25 heavy (non-hydrogen) atoms. The number of carbonyl (C=O) groups excluding carboxylic acids is 1. The van der Waals surface area contributed by atoms with Crippen LogP contribution in [-0.2, 0) is 12.4 Å². The van der Waals surface area contributed by atoms with Gasteiger partial charge < -0.3 is 5.32 Å². The Labute approximate surface area is 139 Å². The molecule has 1 amide bonds. The van der Waals surface area contributed by atoms with E-state index in [1.165, 1.54) is 0 Å². The van der Waals surface area contributed by atoms with Crippen molar-refractivity contribution in [3.05, 3.63) is 56.5 Å². The molecule has 134 valence electrons. The zero-order valence-electron chi connectivity index (χ0n) is 11.7. The minimum atomic E-state index is -5.05. The predicted octanol–water partition coefficient (Wildman–Crippen LogP) is 4.95. The normalized spacial score (nSPS) is 12.1. The number of nitrogens with zero attached hydrogens (tertiary/aromatic N) is 1. The van der Waals surface area contributed by atoms with Crippen molar-refractivity contribution in [2.75, 3.05) is 5.32 Å². The van der Waals surface area contributed by atoms with Crippen LogP contribution in [0, 0.1) is 10.1 Å². The summed E-state index contributed by atoms with van der Waals surface area (Å²) in [6.45, 7) is 0. The van der Waals surface area contributed by atoms with Crippen molar-refractivity contribution in [1.82, 2.24) is 0 Å². The highest BCUT2D eigenvalue weighted by atomic mass is 32.1. The first-order valence-corrected chi connectivity index (χ1v) is 7.09. The molecule has 0 unspecified atom stereocenters. The number of hydrogen-bond donors (Lipinski definition) is 1. The molecule has 0 aliphatic heterocycles. The second-order valence-corrected chi connectivity index (χ2v) is 5.57. The smallest absolute Gasteiger partial charge is 0.322 e. The maximum atomic E-state index is 12.7. The van der Waals surface area contributed by atoms with Gasteiger partial charge in [-0.3, -0.25) is 14.9 Å². The van der Waals surface area contributed by atoms with Crippen molar-refractivity contribution >= 4 is 27.9 Å². The number of thiophene rings is 1. The maximum absolute atomic E-state index is 12.7. The summed E-state index contributed by atoms with van der Waals surface area (Å²) in [6, 6.07) is 1.46. The van der Waals surface area contributed by atoms with Gasteiger partial charge in [-0.05, 0) is 18.2 Å². The topological polar surface area (TPSA) is 72.2 Å². The van der Waals surface area contributed by atoms with Crippen LogP contribution in [0.1, 0.15) is 21.5 Å². The fraction of sp³-hybridized carbons (Fsp3) is 0.154. The Balaban J connectivity index is 2.37. The monoisotopic (exact) mass is 384 g/mol. The van der Waals surface area contributed by atoms with Crippen molar-refractivity contribution in [3.8, 4) is 0 Å². The summed E-state index contributed by atoms with van der Waals surface area (Å²) < 4.78 is 76.4. The third kappa shape index (κ3) is 4.47. The van der Waals surface area contributed by atoms with Gasteiger partial charge in [-0.25, -0.2) is 0 Å². The van der Waals surface area contributed by atoms with Crippen LogP contribution in [0.25, 0.3) is 0 Å². The number of amides is 1. The molecule has 0 aliphatic rings. The van der Waals surface area contributed by atoms with Gasteiger partial charge in [0.05, 0.1) is 21.6 Å². The zero-order chi connectivity index (χ0) is 19.0. The van der Waals surface area contributed by atoms with E-state index in [1.807, 2.05) is 5.32 Å². The van der Waals surface area contributed by atoms with Gasteiger partial charge in [0.25, 0.3) is 5.91 Å². The minimum Gasteiger partial charge on any atom is -0.322 e. The molecule has 0 saturated heterocycles. The molecular weight excluding hydrogens is 378 g/mol. The molecule has 0 fully saturated rings. The van der Waals surface area contributed by atoms with Gasteiger partial charge in [-0.15, -0.1) is 0 Å². The molecule has 1 heterocycles. The fourth-order valence-corrected chi connectivity index (χ4v) is 2.47. The third-order valence-corrected chi connectivity index (χ3v) is 3.75. The fourth-order valence-electron chi connectivity index (χ4n) is 1.77. The average Bonchev–Trinajstić information content (AvgIpc) is 2.95. The number of benzene rings is 1. The molecule has 0 spiro atoms. The van der Waals surface area contributed by atoms with Crippen molar-refractivity contribution in [2.45, 2.75) is 12.4 Å². The van der Waals surface area contributed by atoms with Gasteiger partial charge in [0.15, 0.2) is 0 Å². The van der Waals surface area contributed by atoms with Gasteiger partial charge in [0.2, 0.25) is 0 Å². The van der Waals surface area contributed by atoms with Crippen LogP contribution in [-0.4, -0.2) is 10.8 Å². The molecule has 0 saturated carbocycles. The van der Waals surface area contributed by atoms with Gasteiger partial charge >= 0.3 is 17.4 Å². The summed E-state index contributed by atoms with van der Waals surface area (Å²) in [5.41, 5.74) is -4.17. The summed E-state index contributed by atoms with van der Waals surface area (Å²) >= 11 is 0.591. The van der Waals surface area contributed by atoms with Gasteiger partial charge in [-0.1, -0.05) is 11.3 Å². The summed E-state index contributed by atoms with van der Waals surface area (Å²) in [6.07, 6.45) is -10.1. The standard InChI is InChI=1S/C13H6F6N2O3S/c14-12(15,16)7-2-8(13(17,18)19)4-9(3-7)20-11(22)6-1-10(21(23)24)25-5-6/h1-5H,(H,20,22).